The number of aryl methyl sites for hydroxylation is 2. The van der Waals surface area contributed by atoms with Crippen LogP contribution >= 0.6 is 0 Å². The summed E-state index contributed by atoms with van der Waals surface area (Å²) >= 11 is 0. The Labute approximate surface area is 143 Å². The fraction of sp³-hybridized carbons (Fsp3) is 0.706. The Morgan fingerprint density at radius 3 is 2.79 bits per heavy atom. The number of hydrogen-bond donors (Lipinski definition) is 2. The number of hydrogen-bond acceptors (Lipinski definition) is 3. The molecule has 0 radical (unpaired) electrons. The highest BCUT2D eigenvalue weighted by atomic mass is 16.2. The molecule has 0 aliphatic carbocycles. The molecule has 2 N–H and O–H groups in total. The molecular weight excluding hydrogens is 306 g/mol. The van der Waals surface area contributed by atoms with Crippen molar-refractivity contribution in [3.05, 3.63) is 17.5 Å². The number of urea groups is 1. The third-order valence-corrected chi connectivity index (χ3v) is 4.31. The van der Waals surface area contributed by atoms with Crippen molar-refractivity contribution >= 4 is 11.9 Å². The van der Waals surface area contributed by atoms with Gasteiger partial charge in [-0.2, -0.15) is 5.10 Å². The van der Waals surface area contributed by atoms with E-state index in [-0.39, 0.29) is 18.0 Å². The molecule has 0 bridgehead atoms. The lowest BCUT2D eigenvalue weighted by molar-refractivity contribution is -0.119. The zero-order valence-electron chi connectivity index (χ0n) is 15.1. The Morgan fingerprint density at radius 2 is 2.17 bits per heavy atom. The monoisotopic (exact) mass is 335 g/mol. The maximum atomic E-state index is 12.3. The number of aromatic nitrogens is 2. The van der Waals surface area contributed by atoms with Crippen molar-refractivity contribution in [2.24, 2.45) is 5.92 Å². The van der Waals surface area contributed by atoms with Gasteiger partial charge >= 0.3 is 6.03 Å². The van der Waals surface area contributed by atoms with Crippen LogP contribution in [0.3, 0.4) is 0 Å². The van der Waals surface area contributed by atoms with Gasteiger partial charge in [0.15, 0.2) is 0 Å². The molecule has 134 valence electrons. The molecule has 2 rings (SSSR count). The Hall–Kier alpha value is -2.05. The van der Waals surface area contributed by atoms with E-state index in [0.29, 0.717) is 19.0 Å². The fourth-order valence-corrected chi connectivity index (χ4v) is 3.16. The molecule has 7 heteroatoms. The highest BCUT2D eigenvalue weighted by Crippen LogP contribution is 2.11. The van der Waals surface area contributed by atoms with Gasteiger partial charge in [0.05, 0.1) is 5.69 Å². The van der Waals surface area contributed by atoms with Gasteiger partial charge in [0.2, 0.25) is 5.91 Å². The lowest BCUT2D eigenvalue weighted by Crippen LogP contribution is -2.52. The van der Waals surface area contributed by atoms with Gasteiger partial charge < -0.3 is 15.5 Å². The Bertz CT molecular complexity index is 584. The quantitative estimate of drug-likeness (QED) is 0.855. The summed E-state index contributed by atoms with van der Waals surface area (Å²) in [6, 6.07) is 2.07. The molecule has 0 aromatic carbocycles. The molecule has 2 atom stereocenters. The average Bonchev–Trinajstić information content (AvgIpc) is 2.82. The standard InChI is InChI=1S/C17H29N5O2/c1-12(10-22-14(3)8-13(2)20-22)9-18-17(24)21-7-5-6-16(11-21)19-15(4)23/h8,12,16H,5-7,9-11H2,1-4H3,(H,18,24)(H,19,23)/t12-,16-/m0/s1. The van der Waals surface area contributed by atoms with Crippen LogP contribution in [-0.2, 0) is 11.3 Å². The van der Waals surface area contributed by atoms with E-state index >= 15 is 0 Å². The van der Waals surface area contributed by atoms with Gasteiger partial charge in [-0.15, -0.1) is 0 Å². The molecule has 2 heterocycles. The van der Waals surface area contributed by atoms with E-state index in [1.807, 2.05) is 18.5 Å². The minimum absolute atomic E-state index is 0.0410. The predicted octanol–water partition coefficient (Wildman–Crippen LogP) is 1.45. The molecule has 3 amide bonds. The molecule has 0 spiro atoms. The van der Waals surface area contributed by atoms with Crippen LogP contribution in [-0.4, -0.2) is 52.3 Å². The Morgan fingerprint density at radius 1 is 1.42 bits per heavy atom. The second-order valence-electron chi connectivity index (χ2n) is 6.89. The number of nitrogens with zero attached hydrogens (tertiary/aromatic N) is 3. The number of rotatable bonds is 5. The van der Waals surface area contributed by atoms with Crippen LogP contribution in [0.2, 0.25) is 0 Å². The van der Waals surface area contributed by atoms with Crippen LogP contribution in [0.15, 0.2) is 6.07 Å². The summed E-state index contributed by atoms with van der Waals surface area (Å²) in [7, 11) is 0. The molecule has 0 saturated carbocycles. The molecule has 1 saturated heterocycles. The minimum atomic E-state index is -0.0507. The van der Waals surface area contributed by atoms with Gasteiger partial charge in [0.1, 0.15) is 0 Å². The lowest BCUT2D eigenvalue weighted by atomic mass is 10.1. The van der Waals surface area contributed by atoms with Gasteiger partial charge in [0, 0.05) is 44.8 Å². The largest absolute Gasteiger partial charge is 0.352 e. The molecule has 1 fully saturated rings. The zero-order valence-corrected chi connectivity index (χ0v) is 15.1. The number of carbonyl (C=O) groups is 2. The summed E-state index contributed by atoms with van der Waals surface area (Å²) in [4.78, 5) is 25.3. The van der Waals surface area contributed by atoms with Crippen molar-refractivity contribution in [1.29, 1.82) is 0 Å². The van der Waals surface area contributed by atoms with Crippen molar-refractivity contribution < 1.29 is 9.59 Å². The molecule has 0 unspecified atom stereocenters. The van der Waals surface area contributed by atoms with Gasteiger partial charge in [-0.25, -0.2) is 4.79 Å². The number of carbonyl (C=O) groups excluding carboxylic acids is 2. The van der Waals surface area contributed by atoms with E-state index in [4.69, 9.17) is 0 Å². The van der Waals surface area contributed by atoms with E-state index in [0.717, 1.165) is 37.3 Å². The van der Waals surface area contributed by atoms with E-state index < -0.39 is 0 Å². The first-order valence-electron chi connectivity index (χ1n) is 8.66. The third-order valence-electron chi connectivity index (χ3n) is 4.31. The highest BCUT2D eigenvalue weighted by Gasteiger charge is 2.24. The van der Waals surface area contributed by atoms with E-state index in [9.17, 15) is 9.59 Å². The topological polar surface area (TPSA) is 79.3 Å². The Balaban J connectivity index is 1.77. The first kappa shape index (κ1) is 18.3. The van der Waals surface area contributed by atoms with Crippen LogP contribution < -0.4 is 10.6 Å². The van der Waals surface area contributed by atoms with Gasteiger partial charge in [-0.1, -0.05) is 6.92 Å². The van der Waals surface area contributed by atoms with E-state index in [1.54, 1.807) is 4.90 Å². The number of nitrogens with one attached hydrogen (secondary N) is 2. The van der Waals surface area contributed by atoms with Crippen LogP contribution in [0, 0.1) is 19.8 Å². The molecule has 1 aromatic heterocycles. The summed E-state index contributed by atoms with van der Waals surface area (Å²) in [5, 5.41) is 10.4. The molecular formula is C17H29N5O2. The molecule has 7 nitrogen and oxygen atoms in total. The highest BCUT2D eigenvalue weighted by molar-refractivity contribution is 5.75. The molecule has 1 aliphatic heterocycles. The molecule has 24 heavy (non-hydrogen) atoms. The first-order valence-corrected chi connectivity index (χ1v) is 8.66. The number of amides is 3. The number of likely N-dealkylation sites (tertiary alicyclic amines) is 1. The molecule has 1 aliphatic rings. The maximum absolute atomic E-state index is 12.3. The lowest BCUT2D eigenvalue weighted by Gasteiger charge is -2.33. The van der Waals surface area contributed by atoms with Gasteiger partial charge in [-0.3, -0.25) is 9.48 Å². The van der Waals surface area contributed by atoms with Gasteiger partial charge in [-0.05, 0) is 38.7 Å². The first-order chi connectivity index (χ1) is 11.3. The normalized spacial score (nSPS) is 19.0. The predicted molar refractivity (Wildman–Crippen MR) is 92.7 cm³/mol. The van der Waals surface area contributed by atoms with Gasteiger partial charge in [0.25, 0.3) is 0 Å². The van der Waals surface area contributed by atoms with Crippen LogP contribution in [0.1, 0.15) is 38.1 Å². The second kappa shape index (κ2) is 8.17. The van der Waals surface area contributed by atoms with E-state index in [2.05, 4.69) is 28.7 Å². The van der Waals surface area contributed by atoms with Crippen LogP contribution in [0.5, 0.6) is 0 Å². The zero-order chi connectivity index (χ0) is 17.7. The molecule has 1 aromatic rings. The van der Waals surface area contributed by atoms with Crippen LogP contribution in [0.4, 0.5) is 4.79 Å². The smallest absolute Gasteiger partial charge is 0.317 e. The minimum Gasteiger partial charge on any atom is -0.352 e. The Kier molecular flexibility index (Phi) is 6.23. The summed E-state index contributed by atoms with van der Waals surface area (Å²) in [6.07, 6.45) is 1.84. The summed E-state index contributed by atoms with van der Waals surface area (Å²) < 4.78 is 1.99. The van der Waals surface area contributed by atoms with Crippen molar-refractivity contribution in [2.75, 3.05) is 19.6 Å². The maximum Gasteiger partial charge on any atom is 0.317 e. The van der Waals surface area contributed by atoms with Crippen molar-refractivity contribution in [3.63, 3.8) is 0 Å². The fourth-order valence-electron chi connectivity index (χ4n) is 3.16. The summed E-state index contributed by atoms with van der Waals surface area (Å²) in [5.41, 5.74) is 2.15. The van der Waals surface area contributed by atoms with Crippen molar-refractivity contribution in [2.45, 2.75) is 53.1 Å². The summed E-state index contributed by atoms with van der Waals surface area (Å²) in [6.45, 7) is 10.4. The number of piperidine rings is 1. The third kappa shape index (κ3) is 5.25. The SMILES string of the molecule is CC(=O)N[C@H]1CCCN(C(=O)NC[C@H](C)Cn2nc(C)cc2C)C1. The average molecular weight is 335 g/mol. The van der Waals surface area contributed by atoms with Crippen molar-refractivity contribution in [3.8, 4) is 0 Å². The second-order valence-corrected chi connectivity index (χ2v) is 6.89. The van der Waals surface area contributed by atoms with Crippen molar-refractivity contribution in [1.82, 2.24) is 25.3 Å². The van der Waals surface area contributed by atoms with Crippen LogP contribution in [0.25, 0.3) is 0 Å². The van der Waals surface area contributed by atoms with E-state index in [1.165, 1.54) is 6.92 Å². The summed E-state index contributed by atoms with van der Waals surface area (Å²) in [5.74, 6) is 0.253.